The van der Waals surface area contributed by atoms with Gasteiger partial charge in [-0.05, 0) is 56.2 Å². The summed E-state index contributed by atoms with van der Waals surface area (Å²) < 4.78 is 0. The lowest BCUT2D eigenvalue weighted by Crippen LogP contribution is -2.22. The zero-order chi connectivity index (χ0) is 15.1. The second-order valence-corrected chi connectivity index (χ2v) is 5.22. The van der Waals surface area contributed by atoms with Gasteiger partial charge in [0.25, 0.3) is 0 Å². The highest BCUT2D eigenvalue weighted by molar-refractivity contribution is 5.47. The van der Waals surface area contributed by atoms with Crippen molar-refractivity contribution in [2.75, 3.05) is 18.0 Å². The van der Waals surface area contributed by atoms with Gasteiger partial charge in [0.2, 0.25) is 0 Å². The molecule has 0 aliphatic carbocycles. The molecule has 2 aromatic rings. The Bertz CT molecular complexity index is 518. The first kappa shape index (κ1) is 15.5. The second kappa shape index (κ2) is 7.79. The summed E-state index contributed by atoms with van der Waals surface area (Å²) in [5, 5.41) is 3.55. The molecule has 0 saturated carbocycles. The molecule has 3 heteroatoms. The van der Waals surface area contributed by atoms with Crippen molar-refractivity contribution < 1.29 is 0 Å². The van der Waals surface area contributed by atoms with Crippen molar-refractivity contribution in [2.45, 2.75) is 33.4 Å². The number of nitrogens with one attached hydrogen (secondary N) is 1. The summed E-state index contributed by atoms with van der Waals surface area (Å²) in [7, 11) is 0. The maximum absolute atomic E-state index is 4.06. The smallest absolute Gasteiger partial charge is 0.0366 e. The Balaban J connectivity index is 1.92. The van der Waals surface area contributed by atoms with Crippen LogP contribution in [0.3, 0.4) is 0 Å². The van der Waals surface area contributed by atoms with Crippen LogP contribution in [0.25, 0.3) is 0 Å². The molecule has 112 valence electrons. The number of aromatic nitrogens is 1. The van der Waals surface area contributed by atoms with Gasteiger partial charge in [-0.1, -0.05) is 12.1 Å². The minimum atomic E-state index is 0.329. The predicted octanol–water partition coefficient (Wildman–Crippen LogP) is 3.78. The summed E-state index contributed by atoms with van der Waals surface area (Å²) in [5.74, 6) is 0. The third-order valence-corrected chi connectivity index (χ3v) is 3.88. The molecule has 0 fully saturated rings. The van der Waals surface area contributed by atoms with E-state index in [1.807, 2.05) is 12.4 Å². The van der Waals surface area contributed by atoms with E-state index in [1.54, 1.807) is 0 Å². The van der Waals surface area contributed by atoms with Crippen LogP contribution in [-0.4, -0.2) is 18.1 Å². The van der Waals surface area contributed by atoms with Gasteiger partial charge in [0.05, 0.1) is 0 Å². The highest BCUT2D eigenvalue weighted by atomic mass is 15.1. The lowest BCUT2D eigenvalue weighted by atomic mass is 10.1. The number of anilines is 1. The summed E-state index contributed by atoms with van der Waals surface area (Å²) in [5.41, 5.74) is 3.88. The number of pyridine rings is 1. The standard InChI is InChI=1S/C18H25N3/c1-4-21(5-2)18-8-6-16(7-9-18)14-20-15(3)17-10-12-19-13-11-17/h6-13,15,20H,4-5,14H2,1-3H3. The maximum atomic E-state index is 4.06. The first-order valence-corrected chi connectivity index (χ1v) is 7.71. The van der Waals surface area contributed by atoms with Crippen molar-refractivity contribution in [3.8, 4) is 0 Å². The summed E-state index contributed by atoms with van der Waals surface area (Å²) in [6, 6.07) is 13.3. The third-order valence-electron chi connectivity index (χ3n) is 3.88. The van der Waals surface area contributed by atoms with Gasteiger partial charge >= 0.3 is 0 Å². The van der Waals surface area contributed by atoms with Gasteiger partial charge in [-0.3, -0.25) is 4.98 Å². The topological polar surface area (TPSA) is 28.2 Å². The zero-order valence-electron chi connectivity index (χ0n) is 13.2. The molecule has 0 aliphatic rings. The summed E-state index contributed by atoms with van der Waals surface area (Å²) >= 11 is 0. The van der Waals surface area contributed by atoms with E-state index < -0.39 is 0 Å². The molecular weight excluding hydrogens is 258 g/mol. The van der Waals surface area contributed by atoms with Gasteiger partial charge in [0.1, 0.15) is 0 Å². The molecule has 1 N–H and O–H groups in total. The molecule has 3 nitrogen and oxygen atoms in total. The van der Waals surface area contributed by atoms with Gasteiger partial charge in [-0.2, -0.15) is 0 Å². The van der Waals surface area contributed by atoms with Crippen molar-refractivity contribution >= 4 is 5.69 Å². The van der Waals surface area contributed by atoms with Crippen LogP contribution in [0.4, 0.5) is 5.69 Å². The maximum Gasteiger partial charge on any atom is 0.0366 e. The van der Waals surface area contributed by atoms with Gasteiger partial charge in [0, 0.05) is 43.8 Å². The molecule has 0 aliphatic heterocycles. The molecule has 0 spiro atoms. The molecule has 21 heavy (non-hydrogen) atoms. The predicted molar refractivity (Wildman–Crippen MR) is 89.5 cm³/mol. The fourth-order valence-electron chi connectivity index (χ4n) is 2.45. The Morgan fingerprint density at radius 1 is 1.00 bits per heavy atom. The van der Waals surface area contributed by atoms with Crippen LogP contribution in [0.1, 0.15) is 37.9 Å². The molecule has 0 bridgehead atoms. The van der Waals surface area contributed by atoms with Crippen LogP contribution in [0.15, 0.2) is 48.8 Å². The fraction of sp³-hybridized carbons (Fsp3) is 0.389. The van der Waals surface area contributed by atoms with E-state index in [4.69, 9.17) is 0 Å². The molecule has 1 aromatic carbocycles. The first-order chi connectivity index (χ1) is 10.2. The number of rotatable bonds is 7. The molecule has 1 atom stereocenters. The molecule has 0 saturated heterocycles. The Morgan fingerprint density at radius 3 is 2.19 bits per heavy atom. The lowest BCUT2D eigenvalue weighted by Gasteiger charge is -2.21. The average Bonchev–Trinajstić information content (AvgIpc) is 2.55. The minimum Gasteiger partial charge on any atom is -0.372 e. The van der Waals surface area contributed by atoms with Crippen molar-refractivity contribution in [3.63, 3.8) is 0 Å². The van der Waals surface area contributed by atoms with Crippen LogP contribution < -0.4 is 10.2 Å². The summed E-state index contributed by atoms with van der Waals surface area (Å²) in [6.07, 6.45) is 3.68. The molecule has 0 radical (unpaired) electrons. The third kappa shape index (κ3) is 4.30. The quantitative estimate of drug-likeness (QED) is 0.838. The van der Waals surface area contributed by atoms with Gasteiger partial charge < -0.3 is 10.2 Å². The zero-order valence-corrected chi connectivity index (χ0v) is 13.2. The molecular formula is C18H25N3. The van der Waals surface area contributed by atoms with Gasteiger partial charge in [-0.15, -0.1) is 0 Å². The number of hydrogen-bond donors (Lipinski definition) is 1. The molecule has 1 unspecified atom stereocenters. The highest BCUT2D eigenvalue weighted by Gasteiger charge is 2.05. The average molecular weight is 283 g/mol. The van der Waals surface area contributed by atoms with E-state index in [9.17, 15) is 0 Å². The first-order valence-electron chi connectivity index (χ1n) is 7.71. The summed E-state index contributed by atoms with van der Waals surface area (Å²) in [4.78, 5) is 6.41. The van der Waals surface area contributed by atoms with E-state index in [0.717, 1.165) is 19.6 Å². The highest BCUT2D eigenvalue weighted by Crippen LogP contribution is 2.16. The lowest BCUT2D eigenvalue weighted by molar-refractivity contribution is 0.574. The minimum absolute atomic E-state index is 0.329. The van der Waals surface area contributed by atoms with Crippen molar-refractivity contribution in [1.82, 2.24) is 10.3 Å². The number of hydrogen-bond acceptors (Lipinski definition) is 3. The van der Waals surface area contributed by atoms with E-state index in [2.05, 4.69) is 72.4 Å². The Hall–Kier alpha value is -1.87. The van der Waals surface area contributed by atoms with Crippen LogP contribution >= 0.6 is 0 Å². The monoisotopic (exact) mass is 283 g/mol. The van der Waals surface area contributed by atoms with E-state index >= 15 is 0 Å². The van der Waals surface area contributed by atoms with Crippen LogP contribution in [0.2, 0.25) is 0 Å². The van der Waals surface area contributed by atoms with Crippen molar-refractivity contribution in [1.29, 1.82) is 0 Å². The SMILES string of the molecule is CCN(CC)c1ccc(CNC(C)c2ccncc2)cc1. The van der Waals surface area contributed by atoms with Crippen molar-refractivity contribution in [3.05, 3.63) is 59.9 Å². The van der Waals surface area contributed by atoms with E-state index in [0.29, 0.717) is 6.04 Å². The van der Waals surface area contributed by atoms with E-state index in [1.165, 1.54) is 16.8 Å². The van der Waals surface area contributed by atoms with Crippen molar-refractivity contribution in [2.24, 2.45) is 0 Å². The fourth-order valence-corrected chi connectivity index (χ4v) is 2.45. The largest absolute Gasteiger partial charge is 0.372 e. The molecule has 2 rings (SSSR count). The molecule has 1 aromatic heterocycles. The second-order valence-electron chi connectivity index (χ2n) is 5.22. The molecule has 1 heterocycles. The molecule has 0 amide bonds. The summed E-state index contributed by atoms with van der Waals surface area (Å²) in [6.45, 7) is 9.53. The Kier molecular flexibility index (Phi) is 5.76. The number of nitrogens with zero attached hydrogens (tertiary/aromatic N) is 2. The number of benzene rings is 1. The van der Waals surface area contributed by atoms with Crippen LogP contribution in [0, 0.1) is 0 Å². The van der Waals surface area contributed by atoms with Gasteiger partial charge in [-0.25, -0.2) is 0 Å². The Morgan fingerprint density at radius 2 is 1.62 bits per heavy atom. The van der Waals surface area contributed by atoms with Crippen LogP contribution in [-0.2, 0) is 6.54 Å². The normalized spacial score (nSPS) is 12.1. The van der Waals surface area contributed by atoms with E-state index in [-0.39, 0.29) is 0 Å². The van der Waals surface area contributed by atoms with Crippen LogP contribution in [0.5, 0.6) is 0 Å². The Labute approximate surface area is 128 Å². The van der Waals surface area contributed by atoms with Gasteiger partial charge in [0.15, 0.2) is 0 Å².